The molecule has 1 saturated heterocycles. The van der Waals surface area contributed by atoms with E-state index >= 15 is 0 Å². The zero-order valence-electron chi connectivity index (χ0n) is 11.4. The first-order valence-electron chi connectivity index (χ1n) is 7.25. The van der Waals surface area contributed by atoms with Crippen LogP contribution in [0.3, 0.4) is 0 Å². The van der Waals surface area contributed by atoms with Gasteiger partial charge in [-0.25, -0.2) is 0 Å². The fourth-order valence-corrected chi connectivity index (χ4v) is 3.37. The summed E-state index contributed by atoms with van der Waals surface area (Å²) in [5.74, 6) is -0.748. The molecule has 1 N–H and O–H groups in total. The predicted octanol–water partition coefficient (Wildman–Crippen LogP) is 2.27. The normalized spacial score (nSPS) is 26.9. The molecule has 0 aromatic carbocycles. The summed E-state index contributed by atoms with van der Waals surface area (Å²) in [4.78, 5) is 12.7. The van der Waals surface area contributed by atoms with Crippen LogP contribution < -0.4 is 0 Å². The molecule has 2 aliphatic rings. The Kier molecular flexibility index (Phi) is 4.62. The highest BCUT2D eigenvalue weighted by Crippen LogP contribution is 2.41. The van der Waals surface area contributed by atoms with E-state index in [-0.39, 0.29) is 18.2 Å². The minimum absolute atomic E-state index is 0.128. The number of carbonyl (C=O) groups is 1. The molecule has 4 heteroatoms. The second-order valence-corrected chi connectivity index (χ2v) is 5.74. The summed E-state index contributed by atoms with van der Waals surface area (Å²) in [6.07, 6.45) is 8.83. The van der Waals surface area contributed by atoms with Crippen molar-refractivity contribution in [3.63, 3.8) is 0 Å². The lowest BCUT2D eigenvalue weighted by molar-refractivity contribution is -0.139. The van der Waals surface area contributed by atoms with Gasteiger partial charge in [0.1, 0.15) is 0 Å². The molecule has 1 aliphatic carbocycles. The van der Waals surface area contributed by atoms with Gasteiger partial charge in [-0.3, -0.25) is 9.69 Å². The van der Waals surface area contributed by atoms with Crippen LogP contribution in [0.15, 0.2) is 0 Å². The summed E-state index contributed by atoms with van der Waals surface area (Å²) in [7, 11) is 0. The first kappa shape index (κ1) is 13.8. The standard InChI is InChI=1S/C14H25NO3/c1-2-15(11-13(16)17)10-12-6-9-14(18-12)7-4-3-5-8-14/h12H,2-11H2,1H3,(H,16,17). The monoisotopic (exact) mass is 255 g/mol. The first-order chi connectivity index (χ1) is 8.63. The van der Waals surface area contributed by atoms with E-state index in [1.165, 1.54) is 38.5 Å². The van der Waals surface area contributed by atoms with Crippen molar-refractivity contribution in [1.82, 2.24) is 4.90 Å². The molecule has 1 saturated carbocycles. The van der Waals surface area contributed by atoms with Crippen molar-refractivity contribution < 1.29 is 14.6 Å². The number of carboxylic acids is 1. The van der Waals surface area contributed by atoms with Gasteiger partial charge in [0, 0.05) is 6.54 Å². The quantitative estimate of drug-likeness (QED) is 0.818. The van der Waals surface area contributed by atoms with Gasteiger partial charge in [0.05, 0.1) is 18.2 Å². The van der Waals surface area contributed by atoms with Crippen LogP contribution in [0.4, 0.5) is 0 Å². The number of ether oxygens (including phenoxy) is 1. The highest BCUT2D eigenvalue weighted by molar-refractivity contribution is 5.69. The number of carboxylic acid groups (broad SMARTS) is 1. The van der Waals surface area contributed by atoms with Crippen molar-refractivity contribution in [3.05, 3.63) is 0 Å². The van der Waals surface area contributed by atoms with Crippen molar-refractivity contribution in [2.24, 2.45) is 0 Å². The third kappa shape index (κ3) is 3.45. The Labute approximate surface area is 109 Å². The van der Waals surface area contributed by atoms with Crippen LogP contribution in [-0.4, -0.2) is 47.3 Å². The molecule has 2 fully saturated rings. The summed E-state index contributed by atoms with van der Waals surface area (Å²) in [5, 5.41) is 8.85. The molecule has 104 valence electrons. The fourth-order valence-electron chi connectivity index (χ4n) is 3.37. The Balaban J connectivity index is 1.82. The fraction of sp³-hybridized carbons (Fsp3) is 0.929. The van der Waals surface area contributed by atoms with Gasteiger partial charge < -0.3 is 9.84 Å². The number of hydrogen-bond acceptors (Lipinski definition) is 3. The van der Waals surface area contributed by atoms with Crippen LogP contribution >= 0.6 is 0 Å². The molecule has 1 heterocycles. The molecule has 0 radical (unpaired) electrons. The van der Waals surface area contributed by atoms with Gasteiger partial charge in [0.25, 0.3) is 0 Å². The van der Waals surface area contributed by atoms with E-state index in [9.17, 15) is 4.79 Å². The van der Waals surface area contributed by atoms with E-state index in [4.69, 9.17) is 9.84 Å². The molecule has 1 spiro atoms. The maximum atomic E-state index is 10.8. The Morgan fingerprint density at radius 1 is 1.33 bits per heavy atom. The molecular formula is C14H25NO3. The maximum absolute atomic E-state index is 10.8. The van der Waals surface area contributed by atoms with Crippen LogP contribution in [0.2, 0.25) is 0 Å². The summed E-state index contributed by atoms with van der Waals surface area (Å²) in [5.41, 5.74) is 0.144. The molecular weight excluding hydrogens is 230 g/mol. The molecule has 2 rings (SSSR count). The van der Waals surface area contributed by atoms with Crippen molar-refractivity contribution in [1.29, 1.82) is 0 Å². The second kappa shape index (κ2) is 6.02. The lowest BCUT2D eigenvalue weighted by Crippen LogP contribution is -2.38. The molecule has 0 aromatic rings. The molecule has 1 atom stereocenters. The number of hydrogen-bond donors (Lipinski definition) is 1. The molecule has 1 unspecified atom stereocenters. The van der Waals surface area contributed by atoms with Gasteiger partial charge >= 0.3 is 5.97 Å². The Morgan fingerprint density at radius 3 is 2.67 bits per heavy atom. The van der Waals surface area contributed by atoms with Crippen LogP contribution in [0, 0.1) is 0 Å². The van der Waals surface area contributed by atoms with Crippen LogP contribution in [0.5, 0.6) is 0 Å². The number of likely N-dealkylation sites (N-methyl/N-ethyl adjacent to an activating group) is 1. The zero-order valence-corrected chi connectivity index (χ0v) is 11.4. The summed E-state index contributed by atoms with van der Waals surface area (Å²) in [6, 6.07) is 0. The highest BCUT2D eigenvalue weighted by atomic mass is 16.5. The number of aliphatic carboxylic acids is 1. The van der Waals surface area contributed by atoms with Gasteiger partial charge in [-0.2, -0.15) is 0 Å². The summed E-state index contributed by atoms with van der Waals surface area (Å²) in [6.45, 7) is 3.68. The van der Waals surface area contributed by atoms with E-state index in [0.717, 1.165) is 19.5 Å². The molecule has 0 bridgehead atoms. The average Bonchev–Trinajstić information content (AvgIpc) is 2.71. The summed E-state index contributed by atoms with van der Waals surface area (Å²) >= 11 is 0. The van der Waals surface area contributed by atoms with Gasteiger partial charge in [-0.05, 0) is 32.2 Å². The third-order valence-electron chi connectivity index (χ3n) is 4.37. The minimum Gasteiger partial charge on any atom is -0.480 e. The lowest BCUT2D eigenvalue weighted by Gasteiger charge is -2.34. The van der Waals surface area contributed by atoms with Gasteiger partial charge in [-0.1, -0.05) is 26.2 Å². The van der Waals surface area contributed by atoms with E-state index in [1.807, 2.05) is 11.8 Å². The van der Waals surface area contributed by atoms with Crippen LogP contribution in [0.25, 0.3) is 0 Å². The smallest absolute Gasteiger partial charge is 0.317 e. The number of rotatable bonds is 5. The maximum Gasteiger partial charge on any atom is 0.317 e. The molecule has 18 heavy (non-hydrogen) atoms. The van der Waals surface area contributed by atoms with E-state index in [1.54, 1.807) is 0 Å². The summed E-state index contributed by atoms with van der Waals surface area (Å²) < 4.78 is 6.27. The van der Waals surface area contributed by atoms with Crippen LogP contribution in [-0.2, 0) is 9.53 Å². The van der Waals surface area contributed by atoms with Crippen molar-refractivity contribution >= 4 is 5.97 Å². The minimum atomic E-state index is -0.748. The molecule has 1 aliphatic heterocycles. The van der Waals surface area contributed by atoms with E-state index in [2.05, 4.69) is 0 Å². The van der Waals surface area contributed by atoms with E-state index in [0.29, 0.717) is 0 Å². The first-order valence-corrected chi connectivity index (χ1v) is 7.25. The van der Waals surface area contributed by atoms with E-state index < -0.39 is 5.97 Å². The zero-order chi connectivity index (χ0) is 13.0. The largest absolute Gasteiger partial charge is 0.480 e. The average molecular weight is 255 g/mol. The Bertz CT molecular complexity index is 287. The van der Waals surface area contributed by atoms with Crippen molar-refractivity contribution in [2.45, 2.75) is 63.6 Å². The molecule has 0 aromatic heterocycles. The highest BCUT2D eigenvalue weighted by Gasteiger charge is 2.41. The van der Waals surface area contributed by atoms with Crippen molar-refractivity contribution in [2.75, 3.05) is 19.6 Å². The Morgan fingerprint density at radius 2 is 2.06 bits per heavy atom. The second-order valence-electron chi connectivity index (χ2n) is 5.74. The number of nitrogens with zero attached hydrogens (tertiary/aromatic N) is 1. The predicted molar refractivity (Wildman–Crippen MR) is 69.7 cm³/mol. The van der Waals surface area contributed by atoms with Gasteiger partial charge in [0.2, 0.25) is 0 Å². The molecule has 4 nitrogen and oxygen atoms in total. The lowest BCUT2D eigenvalue weighted by atomic mass is 9.83. The van der Waals surface area contributed by atoms with Crippen LogP contribution in [0.1, 0.15) is 51.9 Å². The Hall–Kier alpha value is -0.610. The third-order valence-corrected chi connectivity index (χ3v) is 4.37. The topological polar surface area (TPSA) is 49.8 Å². The van der Waals surface area contributed by atoms with Crippen molar-refractivity contribution in [3.8, 4) is 0 Å². The van der Waals surface area contributed by atoms with Gasteiger partial charge in [-0.15, -0.1) is 0 Å². The molecule has 0 amide bonds. The van der Waals surface area contributed by atoms with Gasteiger partial charge in [0.15, 0.2) is 0 Å². The SMILES string of the molecule is CCN(CC(=O)O)CC1CCC2(CCCCC2)O1.